The van der Waals surface area contributed by atoms with Gasteiger partial charge in [-0.1, -0.05) is 15.9 Å². The van der Waals surface area contributed by atoms with E-state index in [-0.39, 0.29) is 5.97 Å². The Morgan fingerprint density at radius 2 is 2.00 bits per heavy atom. The monoisotopic (exact) mass is 285 g/mol. The van der Waals surface area contributed by atoms with Crippen molar-refractivity contribution < 1.29 is 9.53 Å². The van der Waals surface area contributed by atoms with Crippen molar-refractivity contribution in [2.24, 2.45) is 0 Å². The zero-order valence-electron chi connectivity index (χ0n) is 9.33. The van der Waals surface area contributed by atoms with Gasteiger partial charge in [-0.15, -0.1) is 0 Å². The van der Waals surface area contributed by atoms with Gasteiger partial charge in [0.2, 0.25) is 0 Å². The molecule has 0 aliphatic heterocycles. The van der Waals surface area contributed by atoms with Crippen LogP contribution in [0.1, 0.15) is 19.3 Å². The maximum atomic E-state index is 10.8. The Labute approximate surface area is 104 Å². The number of carbonyl (C=O) groups is 1. The molecule has 3 nitrogen and oxygen atoms in total. The Hall–Kier alpha value is -1.03. The molecule has 1 N–H and O–H groups in total. The summed E-state index contributed by atoms with van der Waals surface area (Å²) in [6.07, 6.45) is 2.32. The van der Waals surface area contributed by atoms with Crippen LogP contribution in [-0.4, -0.2) is 19.6 Å². The van der Waals surface area contributed by atoms with E-state index in [9.17, 15) is 4.79 Å². The highest BCUT2D eigenvalue weighted by atomic mass is 79.9. The summed E-state index contributed by atoms with van der Waals surface area (Å²) in [5, 5.41) is 3.29. The Bertz CT molecular complexity index is 324. The molecule has 1 rings (SSSR count). The van der Waals surface area contributed by atoms with Gasteiger partial charge in [-0.05, 0) is 37.1 Å². The molecule has 16 heavy (non-hydrogen) atoms. The van der Waals surface area contributed by atoms with Gasteiger partial charge in [0.1, 0.15) is 0 Å². The molecule has 0 aliphatic carbocycles. The Morgan fingerprint density at radius 3 is 2.62 bits per heavy atom. The topological polar surface area (TPSA) is 38.3 Å². The number of unbranched alkanes of at least 4 members (excludes halogenated alkanes) is 1. The van der Waals surface area contributed by atoms with Gasteiger partial charge in [0, 0.05) is 23.1 Å². The van der Waals surface area contributed by atoms with E-state index in [1.165, 1.54) is 7.11 Å². The van der Waals surface area contributed by atoms with Crippen molar-refractivity contribution in [2.75, 3.05) is 19.0 Å². The quantitative estimate of drug-likeness (QED) is 0.644. The van der Waals surface area contributed by atoms with Crippen LogP contribution in [0.4, 0.5) is 5.69 Å². The van der Waals surface area contributed by atoms with Gasteiger partial charge in [-0.25, -0.2) is 0 Å². The standard InChI is InChI=1S/C12H16BrNO2/c1-16-12(15)4-2-3-9-14-11-7-5-10(13)6-8-11/h5-8,14H,2-4,9H2,1H3. The fraction of sp³-hybridized carbons (Fsp3) is 0.417. The number of carbonyl (C=O) groups excluding carboxylic acids is 1. The van der Waals surface area contributed by atoms with Gasteiger partial charge in [0.05, 0.1) is 7.11 Å². The van der Waals surface area contributed by atoms with Crippen LogP contribution in [-0.2, 0) is 9.53 Å². The van der Waals surface area contributed by atoms with E-state index >= 15 is 0 Å². The highest BCUT2D eigenvalue weighted by Gasteiger charge is 1.98. The normalized spacial score (nSPS) is 9.88. The van der Waals surface area contributed by atoms with E-state index in [0.717, 1.165) is 29.5 Å². The molecule has 0 saturated carbocycles. The lowest BCUT2D eigenvalue weighted by Crippen LogP contribution is -2.04. The van der Waals surface area contributed by atoms with Crippen molar-refractivity contribution in [1.29, 1.82) is 0 Å². The second-order valence-corrected chi connectivity index (χ2v) is 4.38. The Kier molecular flexibility index (Phi) is 5.93. The predicted octanol–water partition coefficient (Wildman–Crippen LogP) is 3.20. The largest absolute Gasteiger partial charge is 0.469 e. The van der Waals surface area contributed by atoms with Gasteiger partial charge in [0.25, 0.3) is 0 Å². The molecule has 0 unspecified atom stereocenters. The molecule has 0 fully saturated rings. The molecule has 0 atom stereocenters. The first-order valence-electron chi connectivity index (χ1n) is 5.28. The minimum atomic E-state index is -0.136. The molecule has 4 heteroatoms. The van der Waals surface area contributed by atoms with Crippen LogP contribution in [0, 0.1) is 0 Å². The van der Waals surface area contributed by atoms with Crippen LogP contribution >= 0.6 is 15.9 Å². The van der Waals surface area contributed by atoms with Crippen LogP contribution in [0.5, 0.6) is 0 Å². The minimum Gasteiger partial charge on any atom is -0.469 e. The summed E-state index contributed by atoms with van der Waals surface area (Å²) in [4.78, 5) is 10.8. The molecule has 0 heterocycles. The van der Waals surface area contributed by atoms with Gasteiger partial charge in [-0.2, -0.15) is 0 Å². The molecule has 0 aliphatic rings. The number of hydrogen-bond donors (Lipinski definition) is 1. The lowest BCUT2D eigenvalue weighted by atomic mass is 10.2. The molecule has 88 valence electrons. The fourth-order valence-electron chi connectivity index (χ4n) is 1.30. The van der Waals surface area contributed by atoms with Crippen LogP contribution in [0.25, 0.3) is 0 Å². The SMILES string of the molecule is COC(=O)CCCCNc1ccc(Br)cc1. The summed E-state index contributed by atoms with van der Waals surface area (Å²) in [5.41, 5.74) is 1.10. The first-order valence-corrected chi connectivity index (χ1v) is 6.08. The van der Waals surface area contributed by atoms with Crippen molar-refractivity contribution in [3.63, 3.8) is 0 Å². The second-order valence-electron chi connectivity index (χ2n) is 3.47. The number of esters is 1. The van der Waals surface area contributed by atoms with E-state index in [0.29, 0.717) is 6.42 Å². The molecule has 0 radical (unpaired) electrons. The lowest BCUT2D eigenvalue weighted by molar-refractivity contribution is -0.140. The maximum absolute atomic E-state index is 10.8. The van der Waals surface area contributed by atoms with Crippen molar-refractivity contribution in [3.05, 3.63) is 28.7 Å². The fourth-order valence-corrected chi connectivity index (χ4v) is 1.56. The Morgan fingerprint density at radius 1 is 1.31 bits per heavy atom. The number of hydrogen-bond acceptors (Lipinski definition) is 3. The smallest absolute Gasteiger partial charge is 0.305 e. The molecule has 0 spiro atoms. The molecule has 0 amide bonds. The van der Waals surface area contributed by atoms with Crippen molar-refractivity contribution in [3.8, 4) is 0 Å². The molecular formula is C12H16BrNO2. The third-order valence-corrected chi connectivity index (χ3v) is 2.74. The summed E-state index contributed by atoms with van der Waals surface area (Å²) < 4.78 is 5.64. The number of halogens is 1. The van der Waals surface area contributed by atoms with E-state index < -0.39 is 0 Å². The third kappa shape index (κ3) is 5.16. The Balaban J connectivity index is 2.11. The number of nitrogens with one attached hydrogen (secondary N) is 1. The second kappa shape index (κ2) is 7.28. The average Bonchev–Trinajstić information content (AvgIpc) is 2.31. The number of benzene rings is 1. The van der Waals surface area contributed by atoms with E-state index in [2.05, 4.69) is 26.0 Å². The first kappa shape index (κ1) is 13.0. The van der Waals surface area contributed by atoms with Crippen molar-refractivity contribution >= 4 is 27.6 Å². The first-order chi connectivity index (χ1) is 7.72. The average molecular weight is 286 g/mol. The summed E-state index contributed by atoms with van der Waals surface area (Å²) in [6.45, 7) is 0.874. The number of anilines is 1. The maximum Gasteiger partial charge on any atom is 0.305 e. The number of methoxy groups -OCH3 is 1. The lowest BCUT2D eigenvalue weighted by Gasteiger charge is -2.05. The summed E-state index contributed by atoms with van der Waals surface area (Å²) in [5.74, 6) is -0.136. The minimum absolute atomic E-state index is 0.136. The third-order valence-electron chi connectivity index (χ3n) is 2.21. The van der Waals surface area contributed by atoms with Crippen molar-refractivity contribution in [1.82, 2.24) is 0 Å². The molecule has 1 aromatic rings. The van der Waals surface area contributed by atoms with E-state index in [1.54, 1.807) is 0 Å². The van der Waals surface area contributed by atoms with Gasteiger partial charge < -0.3 is 10.1 Å². The van der Waals surface area contributed by atoms with Crippen LogP contribution < -0.4 is 5.32 Å². The molecule has 1 aromatic carbocycles. The molecular weight excluding hydrogens is 270 g/mol. The molecule has 0 bridgehead atoms. The molecule has 0 aromatic heterocycles. The molecule has 0 saturated heterocycles. The van der Waals surface area contributed by atoms with Crippen LogP contribution in [0.2, 0.25) is 0 Å². The zero-order chi connectivity index (χ0) is 11.8. The highest BCUT2D eigenvalue weighted by Crippen LogP contribution is 2.14. The predicted molar refractivity (Wildman–Crippen MR) is 68.5 cm³/mol. The van der Waals surface area contributed by atoms with Crippen LogP contribution in [0.15, 0.2) is 28.7 Å². The van der Waals surface area contributed by atoms with E-state index in [1.807, 2.05) is 24.3 Å². The van der Waals surface area contributed by atoms with E-state index in [4.69, 9.17) is 0 Å². The zero-order valence-corrected chi connectivity index (χ0v) is 10.9. The van der Waals surface area contributed by atoms with Gasteiger partial charge >= 0.3 is 5.97 Å². The number of ether oxygens (including phenoxy) is 1. The van der Waals surface area contributed by atoms with Crippen molar-refractivity contribution in [2.45, 2.75) is 19.3 Å². The summed E-state index contributed by atoms with van der Waals surface area (Å²) >= 11 is 3.38. The number of rotatable bonds is 6. The highest BCUT2D eigenvalue weighted by molar-refractivity contribution is 9.10. The van der Waals surface area contributed by atoms with Gasteiger partial charge in [0.15, 0.2) is 0 Å². The summed E-state index contributed by atoms with van der Waals surface area (Å²) in [6, 6.07) is 8.03. The van der Waals surface area contributed by atoms with Crippen LogP contribution in [0.3, 0.4) is 0 Å². The van der Waals surface area contributed by atoms with Gasteiger partial charge in [-0.3, -0.25) is 4.79 Å². The summed E-state index contributed by atoms with van der Waals surface area (Å²) in [7, 11) is 1.42.